The molecule has 0 aliphatic heterocycles. The predicted molar refractivity (Wildman–Crippen MR) is 98.2 cm³/mol. The van der Waals surface area contributed by atoms with Crippen LogP contribution in [-0.2, 0) is 11.3 Å². The second kappa shape index (κ2) is 9.42. The molecule has 2 amide bonds. The van der Waals surface area contributed by atoms with E-state index in [1.165, 1.54) is 0 Å². The van der Waals surface area contributed by atoms with Crippen molar-refractivity contribution < 1.29 is 9.59 Å². The summed E-state index contributed by atoms with van der Waals surface area (Å²) in [5.41, 5.74) is 1.51. The molecule has 0 atom stereocenters. The standard InChI is InChI=1S/C19H24N4O2/c1-14(2)23-18-16(9-6-11-20-18)19(25)21-12-10-17(24)22-13-15-7-4-3-5-8-15/h3-9,11,14H,10,12-13H2,1-2H3,(H,20,23)(H,21,25)(H,22,24). The predicted octanol–water partition coefficient (Wildman–Crippen LogP) is 2.34. The van der Waals surface area contributed by atoms with E-state index in [2.05, 4.69) is 20.9 Å². The second-order valence-corrected chi connectivity index (χ2v) is 5.97. The van der Waals surface area contributed by atoms with Crippen LogP contribution in [0.1, 0.15) is 36.2 Å². The van der Waals surface area contributed by atoms with Crippen LogP contribution >= 0.6 is 0 Å². The molecular weight excluding hydrogens is 316 g/mol. The van der Waals surface area contributed by atoms with Crippen LogP contribution in [0.15, 0.2) is 48.7 Å². The highest BCUT2D eigenvalue weighted by Gasteiger charge is 2.13. The van der Waals surface area contributed by atoms with Crippen molar-refractivity contribution in [3.63, 3.8) is 0 Å². The van der Waals surface area contributed by atoms with Gasteiger partial charge in [0.1, 0.15) is 5.82 Å². The average Bonchev–Trinajstić information content (AvgIpc) is 2.60. The Kier molecular flexibility index (Phi) is 6.95. The monoisotopic (exact) mass is 340 g/mol. The van der Waals surface area contributed by atoms with Gasteiger partial charge in [0.05, 0.1) is 5.56 Å². The van der Waals surface area contributed by atoms with Crippen LogP contribution in [0.3, 0.4) is 0 Å². The Morgan fingerprint density at radius 3 is 2.52 bits per heavy atom. The first-order valence-electron chi connectivity index (χ1n) is 8.36. The Bertz CT molecular complexity index is 702. The Balaban J connectivity index is 1.77. The summed E-state index contributed by atoms with van der Waals surface area (Å²) in [6.07, 6.45) is 1.87. The molecule has 2 rings (SSSR count). The van der Waals surface area contributed by atoms with Gasteiger partial charge in [-0.3, -0.25) is 9.59 Å². The molecule has 0 bridgehead atoms. The van der Waals surface area contributed by atoms with E-state index >= 15 is 0 Å². The van der Waals surface area contributed by atoms with Crippen LogP contribution in [0.2, 0.25) is 0 Å². The Morgan fingerprint density at radius 2 is 1.80 bits per heavy atom. The molecule has 0 spiro atoms. The number of nitrogens with zero attached hydrogens (tertiary/aromatic N) is 1. The van der Waals surface area contributed by atoms with E-state index in [0.717, 1.165) is 5.56 Å². The first-order valence-corrected chi connectivity index (χ1v) is 8.36. The van der Waals surface area contributed by atoms with Gasteiger partial charge >= 0.3 is 0 Å². The molecule has 6 nitrogen and oxygen atoms in total. The van der Waals surface area contributed by atoms with E-state index in [-0.39, 0.29) is 30.8 Å². The van der Waals surface area contributed by atoms with Gasteiger partial charge in [0.25, 0.3) is 5.91 Å². The van der Waals surface area contributed by atoms with E-state index in [1.807, 2.05) is 44.2 Å². The van der Waals surface area contributed by atoms with Crippen molar-refractivity contribution in [3.05, 3.63) is 59.8 Å². The highest BCUT2D eigenvalue weighted by atomic mass is 16.2. The summed E-state index contributed by atoms with van der Waals surface area (Å²) < 4.78 is 0. The maximum absolute atomic E-state index is 12.3. The molecule has 0 radical (unpaired) electrons. The third-order valence-electron chi connectivity index (χ3n) is 3.45. The quantitative estimate of drug-likeness (QED) is 0.689. The highest BCUT2D eigenvalue weighted by Crippen LogP contribution is 2.12. The summed E-state index contributed by atoms with van der Waals surface area (Å²) in [6.45, 7) is 4.72. The molecule has 0 aliphatic rings. The van der Waals surface area contributed by atoms with Gasteiger partial charge in [-0.05, 0) is 31.5 Å². The Morgan fingerprint density at radius 1 is 1.04 bits per heavy atom. The van der Waals surface area contributed by atoms with E-state index in [1.54, 1.807) is 18.3 Å². The maximum Gasteiger partial charge on any atom is 0.255 e. The Labute approximate surface area is 148 Å². The summed E-state index contributed by atoms with van der Waals surface area (Å²) >= 11 is 0. The molecule has 1 aromatic heterocycles. The topological polar surface area (TPSA) is 83.1 Å². The van der Waals surface area contributed by atoms with Crippen molar-refractivity contribution in [1.29, 1.82) is 0 Å². The Hall–Kier alpha value is -2.89. The smallest absolute Gasteiger partial charge is 0.255 e. The van der Waals surface area contributed by atoms with Crippen molar-refractivity contribution in [2.24, 2.45) is 0 Å². The number of pyridine rings is 1. The van der Waals surface area contributed by atoms with Gasteiger partial charge in [-0.25, -0.2) is 4.98 Å². The normalized spacial score (nSPS) is 10.4. The summed E-state index contributed by atoms with van der Waals surface area (Å²) in [7, 11) is 0. The fourth-order valence-electron chi connectivity index (χ4n) is 2.25. The molecular formula is C19H24N4O2. The number of benzene rings is 1. The van der Waals surface area contributed by atoms with Crippen molar-refractivity contribution in [2.75, 3.05) is 11.9 Å². The van der Waals surface area contributed by atoms with Crippen LogP contribution in [-0.4, -0.2) is 29.4 Å². The molecule has 0 fully saturated rings. The SMILES string of the molecule is CC(C)Nc1ncccc1C(=O)NCCC(=O)NCc1ccccc1. The van der Waals surface area contributed by atoms with E-state index < -0.39 is 0 Å². The minimum absolute atomic E-state index is 0.101. The van der Waals surface area contributed by atoms with E-state index in [4.69, 9.17) is 0 Å². The van der Waals surface area contributed by atoms with Crippen LogP contribution in [0.25, 0.3) is 0 Å². The summed E-state index contributed by atoms with van der Waals surface area (Å²) in [6, 6.07) is 13.3. The number of hydrogen-bond acceptors (Lipinski definition) is 4. The van der Waals surface area contributed by atoms with Crippen molar-refractivity contribution in [2.45, 2.75) is 32.9 Å². The zero-order valence-corrected chi connectivity index (χ0v) is 14.6. The lowest BCUT2D eigenvalue weighted by atomic mass is 10.2. The number of nitrogens with one attached hydrogen (secondary N) is 3. The highest BCUT2D eigenvalue weighted by molar-refractivity contribution is 5.98. The van der Waals surface area contributed by atoms with Gasteiger partial charge in [0.15, 0.2) is 0 Å². The molecule has 0 aliphatic carbocycles. The molecule has 0 saturated carbocycles. The van der Waals surface area contributed by atoms with Gasteiger partial charge in [0.2, 0.25) is 5.91 Å². The average molecular weight is 340 g/mol. The number of rotatable bonds is 8. The van der Waals surface area contributed by atoms with Crippen LogP contribution in [0.5, 0.6) is 0 Å². The van der Waals surface area contributed by atoms with E-state index in [9.17, 15) is 9.59 Å². The molecule has 132 valence electrons. The number of carbonyl (C=O) groups is 2. The van der Waals surface area contributed by atoms with Gasteiger partial charge in [-0.1, -0.05) is 30.3 Å². The molecule has 3 N–H and O–H groups in total. The second-order valence-electron chi connectivity index (χ2n) is 5.97. The minimum atomic E-state index is -0.243. The fourth-order valence-corrected chi connectivity index (χ4v) is 2.25. The number of hydrogen-bond donors (Lipinski definition) is 3. The summed E-state index contributed by atoms with van der Waals surface area (Å²) in [4.78, 5) is 28.3. The zero-order chi connectivity index (χ0) is 18.1. The maximum atomic E-state index is 12.3. The molecule has 1 heterocycles. The molecule has 0 unspecified atom stereocenters. The number of anilines is 1. The van der Waals surface area contributed by atoms with Crippen molar-refractivity contribution >= 4 is 17.6 Å². The minimum Gasteiger partial charge on any atom is -0.367 e. The lowest BCUT2D eigenvalue weighted by Gasteiger charge is -2.13. The molecule has 25 heavy (non-hydrogen) atoms. The van der Waals surface area contributed by atoms with E-state index in [0.29, 0.717) is 17.9 Å². The van der Waals surface area contributed by atoms with Crippen molar-refractivity contribution in [1.82, 2.24) is 15.6 Å². The van der Waals surface area contributed by atoms with Crippen LogP contribution in [0, 0.1) is 0 Å². The fraction of sp³-hybridized carbons (Fsp3) is 0.316. The van der Waals surface area contributed by atoms with Crippen LogP contribution in [0.4, 0.5) is 5.82 Å². The lowest BCUT2D eigenvalue weighted by molar-refractivity contribution is -0.121. The lowest BCUT2D eigenvalue weighted by Crippen LogP contribution is -2.31. The molecule has 1 aromatic carbocycles. The van der Waals surface area contributed by atoms with Gasteiger partial charge in [-0.2, -0.15) is 0 Å². The molecule has 2 aromatic rings. The third kappa shape index (κ3) is 6.25. The van der Waals surface area contributed by atoms with Crippen LogP contribution < -0.4 is 16.0 Å². The first-order chi connectivity index (χ1) is 12.1. The number of carbonyl (C=O) groups excluding carboxylic acids is 2. The summed E-state index contributed by atoms with van der Waals surface area (Å²) in [5.74, 6) is 0.200. The number of amides is 2. The summed E-state index contributed by atoms with van der Waals surface area (Å²) in [5, 5.41) is 8.74. The van der Waals surface area contributed by atoms with Gasteiger partial charge in [-0.15, -0.1) is 0 Å². The number of aromatic nitrogens is 1. The zero-order valence-electron chi connectivity index (χ0n) is 14.6. The molecule has 6 heteroatoms. The van der Waals surface area contributed by atoms with Gasteiger partial charge < -0.3 is 16.0 Å². The third-order valence-corrected chi connectivity index (χ3v) is 3.45. The first kappa shape index (κ1) is 18.4. The largest absolute Gasteiger partial charge is 0.367 e. The van der Waals surface area contributed by atoms with Gasteiger partial charge in [0, 0.05) is 31.7 Å². The molecule has 0 saturated heterocycles. The van der Waals surface area contributed by atoms with Crippen molar-refractivity contribution in [3.8, 4) is 0 Å².